The van der Waals surface area contributed by atoms with Crippen molar-refractivity contribution in [2.75, 3.05) is 21.2 Å². The van der Waals surface area contributed by atoms with E-state index in [1.165, 1.54) is 15.0 Å². The molecule has 0 unspecified atom stereocenters. The van der Waals surface area contributed by atoms with Crippen molar-refractivity contribution < 1.29 is 13.2 Å². The van der Waals surface area contributed by atoms with E-state index in [1.54, 1.807) is 39.4 Å². The molecular weight excluding hydrogens is 336 g/mol. The van der Waals surface area contributed by atoms with Gasteiger partial charge in [0.05, 0.1) is 7.11 Å². The van der Waals surface area contributed by atoms with Gasteiger partial charge in [0.15, 0.2) is 0 Å². The summed E-state index contributed by atoms with van der Waals surface area (Å²) in [5.41, 5.74) is 0.753. The Labute approximate surface area is 144 Å². The zero-order valence-electron chi connectivity index (χ0n) is 14.0. The van der Waals surface area contributed by atoms with Crippen LogP contribution < -0.4 is 4.74 Å². The van der Waals surface area contributed by atoms with Crippen LogP contribution in [0.1, 0.15) is 37.7 Å². The molecule has 0 aromatic heterocycles. The van der Waals surface area contributed by atoms with Crippen LogP contribution in [0.3, 0.4) is 0 Å². The summed E-state index contributed by atoms with van der Waals surface area (Å²) in [4.78, 5) is 0. The Bertz CT molecular complexity index is 630. The monoisotopic (exact) mass is 360 g/mol. The lowest BCUT2D eigenvalue weighted by Crippen LogP contribution is -2.45. The van der Waals surface area contributed by atoms with E-state index in [0.717, 1.165) is 31.2 Å². The quantitative estimate of drug-likeness (QED) is 0.782. The maximum atomic E-state index is 12.8. The van der Waals surface area contributed by atoms with Gasteiger partial charge in [0.2, 0.25) is 0 Å². The highest BCUT2D eigenvalue weighted by molar-refractivity contribution is 7.86. The Kier molecular flexibility index (Phi) is 6.31. The largest absolute Gasteiger partial charge is 0.496 e. The van der Waals surface area contributed by atoms with Crippen LogP contribution in [-0.2, 0) is 16.8 Å². The summed E-state index contributed by atoms with van der Waals surface area (Å²) in [5.74, 6) is 0.636. The summed E-state index contributed by atoms with van der Waals surface area (Å²) in [6.07, 6.45) is 5.25. The molecule has 130 valence electrons. The van der Waals surface area contributed by atoms with Gasteiger partial charge < -0.3 is 4.74 Å². The van der Waals surface area contributed by atoms with Gasteiger partial charge in [-0.05, 0) is 31.0 Å². The van der Waals surface area contributed by atoms with Crippen LogP contribution in [-0.4, -0.2) is 44.3 Å². The van der Waals surface area contributed by atoms with Crippen molar-refractivity contribution in [3.05, 3.63) is 28.8 Å². The number of nitrogens with zero attached hydrogens (tertiary/aromatic N) is 2. The number of rotatable bonds is 6. The topological polar surface area (TPSA) is 49.9 Å². The Morgan fingerprint density at radius 2 is 1.87 bits per heavy atom. The molecule has 1 aromatic rings. The first-order chi connectivity index (χ1) is 10.9. The minimum atomic E-state index is -3.51. The predicted octanol–water partition coefficient (Wildman–Crippen LogP) is 3.29. The summed E-state index contributed by atoms with van der Waals surface area (Å²) in [7, 11) is 1.33. The molecule has 1 fully saturated rings. The second-order valence-electron chi connectivity index (χ2n) is 6.03. The van der Waals surface area contributed by atoms with Gasteiger partial charge in [-0.2, -0.15) is 17.0 Å². The molecule has 0 saturated heterocycles. The van der Waals surface area contributed by atoms with Gasteiger partial charge in [-0.3, -0.25) is 0 Å². The Morgan fingerprint density at radius 1 is 1.22 bits per heavy atom. The Hall–Kier alpha value is -0.820. The number of methoxy groups -OCH3 is 1. The average Bonchev–Trinajstić information content (AvgIpc) is 2.55. The molecule has 1 aliphatic carbocycles. The van der Waals surface area contributed by atoms with Crippen molar-refractivity contribution in [3.63, 3.8) is 0 Å². The molecule has 1 saturated carbocycles. The van der Waals surface area contributed by atoms with Crippen LogP contribution >= 0.6 is 11.6 Å². The molecule has 0 aliphatic heterocycles. The van der Waals surface area contributed by atoms with Gasteiger partial charge in [-0.1, -0.05) is 30.9 Å². The number of ether oxygens (including phenoxy) is 1. The zero-order chi connectivity index (χ0) is 17.0. The van der Waals surface area contributed by atoms with Crippen molar-refractivity contribution in [1.82, 2.24) is 8.61 Å². The lowest BCUT2D eigenvalue weighted by atomic mass is 9.96. The van der Waals surface area contributed by atoms with Crippen molar-refractivity contribution in [1.29, 1.82) is 0 Å². The smallest absolute Gasteiger partial charge is 0.282 e. The molecule has 0 heterocycles. The van der Waals surface area contributed by atoms with Crippen molar-refractivity contribution in [3.8, 4) is 5.75 Å². The molecule has 0 N–H and O–H groups in total. The molecule has 1 aromatic carbocycles. The molecule has 0 radical (unpaired) electrons. The van der Waals surface area contributed by atoms with E-state index in [4.69, 9.17) is 16.3 Å². The number of halogens is 1. The normalized spacial score (nSPS) is 17.0. The van der Waals surface area contributed by atoms with Gasteiger partial charge in [-0.15, -0.1) is 0 Å². The highest BCUT2D eigenvalue weighted by atomic mass is 35.5. The van der Waals surface area contributed by atoms with Crippen molar-refractivity contribution >= 4 is 21.8 Å². The van der Waals surface area contributed by atoms with Gasteiger partial charge in [0.1, 0.15) is 5.75 Å². The van der Waals surface area contributed by atoms with Crippen molar-refractivity contribution in [2.45, 2.75) is 44.7 Å². The third kappa shape index (κ3) is 4.38. The van der Waals surface area contributed by atoms with Crippen LogP contribution in [0.25, 0.3) is 0 Å². The predicted molar refractivity (Wildman–Crippen MR) is 93.0 cm³/mol. The van der Waals surface area contributed by atoms with E-state index in [0.29, 0.717) is 10.8 Å². The van der Waals surface area contributed by atoms with Crippen LogP contribution in [0, 0.1) is 0 Å². The molecule has 0 bridgehead atoms. The Morgan fingerprint density at radius 3 is 2.48 bits per heavy atom. The minimum Gasteiger partial charge on any atom is -0.496 e. The molecule has 2 rings (SSSR count). The van der Waals surface area contributed by atoms with Gasteiger partial charge in [0, 0.05) is 37.3 Å². The lowest BCUT2D eigenvalue weighted by molar-refractivity contribution is 0.267. The highest BCUT2D eigenvalue weighted by Gasteiger charge is 2.31. The van der Waals surface area contributed by atoms with E-state index in [-0.39, 0.29) is 12.6 Å². The summed E-state index contributed by atoms with van der Waals surface area (Å²) in [6, 6.07) is 5.32. The molecular formula is C16H25ClN2O3S. The van der Waals surface area contributed by atoms with Crippen LogP contribution in [0.2, 0.25) is 5.02 Å². The standard InChI is InChI=1S/C16H25ClN2O3S/c1-18(12-13-11-14(17)9-10-16(13)22-3)23(20,21)19(2)15-7-5-4-6-8-15/h9-11,15H,4-8,12H2,1-3H3. The van der Waals surface area contributed by atoms with E-state index in [9.17, 15) is 8.42 Å². The summed E-state index contributed by atoms with van der Waals surface area (Å²) in [5, 5.41) is 0.562. The number of benzene rings is 1. The van der Waals surface area contributed by atoms with E-state index >= 15 is 0 Å². The Balaban J connectivity index is 2.15. The SMILES string of the molecule is COc1ccc(Cl)cc1CN(C)S(=O)(=O)N(C)C1CCCCC1. The lowest BCUT2D eigenvalue weighted by Gasteiger charge is -2.33. The second kappa shape index (κ2) is 7.83. The first-order valence-corrected chi connectivity index (χ1v) is 9.65. The first-order valence-electron chi connectivity index (χ1n) is 7.88. The fourth-order valence-electron chi connectivity index (χ4n) is 3.05. The van der Waals surface area contributed by atoms with E-state index < -0.39 is 10.2 Å². The summed E-state index contributed by atoms with van der Waals surface area (Å²) in [6.45, 7) is 0.225. The molecule has 1 aliphatic rings. The van der Waals surface area contributed by atoms with Crippen LogP contribution in [0.5, 0.6) is 5.75 Å². The third-order valence-corrected chi connectivity index (χ3v) is 6.66. The molecule has 5 nitrogen and oxygen atoms in total. The molecule has 0 spiro atoms. The minimum absolute atomic E-state index is 0.0949. The highest BCUT2D eigenvalue weighted by Crippen LogP contribution is 2.27. The van der Waals surface area contributed by atoms with E-state index in [1.807, 2.05) is 0 Å². The van der Waals surface area contributed by atoms with Gasteiger partial charge in [0.25, 0.3) is 10.2 Å². The van der Waals surface area contributed by atoms with Crippen LogP contribution in [0.4, 0.5) is 0 Å². The average molecular weight is 361 g/mol. The number of hydrogen-bond donors (Lipinski definition) is 0. The van der Waals surface area contributed by atoms with Crippen LogP contribution in [0.15, 0.2) is 18.2 Å². The fourth-order valence-corrected chi connectivity index (χ4v) is 4.57. The maximum absolute atomic E-state index is 12.8. The maximum Gasteiger partial charge on any atom is 0.282 e. The molecule has 0 amide bonds. The summed E-state index contributed by atoms with van der Waals surface area (Å²) >= 11 is 6.02. The molecule has 23 heavy (non-hydrogen) atoms. The second-order valence-corrected chi connectivity index (χ2v) is 8.56. The molecule has 0 atom stereocenters. The molecule has 7 heteroatoms. The summed E-state index contributed by atoms with van der Waals surface area (Å²) < 4.78 is 33.8. The first kappa shape index (κ1) is 18.5. The van der Waals surface area contributed by atoms with E-state index in [2.05, 4.69) is 0 Å². The number of hydrogen-bond acceptors (Lipinski definition) is 3. The fraction of sp³-hybridized carbons (Fsp3) is 0.625. The third-order valence-electron chi connectivity index (χ3n) is 4.48. The zero-order valence-corrected chi connectivity index (χ0v) is 15.5. The van der Waals surface area contributed by atoms with Gasteiger partial charge in [-0.25, -0.2) is 0 Å². The van der Waals surface area contributed by atoms with Gasteiger partial charge >= 0.3 is 0 Å². The van der Waals surface area contributed by atoms with Crippen molar-refractivity contribution in [2.24, 2.45) is 0 Å².